The summed E-state index contributed by atoms with van der Waals surface area (Å²) in [6, 6.07) is 3.77. The monoisotopic (exact) mass is 195 g/mol. The maximum Gasteiger partial charge on any atom is 0.235 e. The molecule has 0 amide bonds. The first-order valence-corrected chi connectivity index (χ1v) is 4.33. The van der Waals surface area contributed by atoms with Crippen molar-refractivity contribution in [3.8, 4) is 0 Å². The number of isocyanates is 1. The summed E-state index contributed by atoms with van der Waals surface area (Å²) in [5.41, 5.74) is 3.09. The molecule has 0 aliphatic carbocycles. The van der Waals surface area contributed by atoms with E-state index in [-0.39, 0.29) is 0 Å². The molecule has 0 heterocycles. The summed E-state index contributed by atoms with van der Waals surface area (Å²) in [4.78, 5) is 13.5. The Bertz CT molecular complexity index is 367. The molecule has 0 radical (unpaired) electrons. The molecule has 0 atom stereocenters. The fourth-order valence-electron chi connectivity index (χ4n) is 1.22. The van der Waals surface area contributed by atoms with E-state index in [9.17, 15) is 4.79 Å². The minimum Gasteiger partial charge on any atom is -0.211 e. The highest BCUT2D eigenvalue weighted by Gasteiger charge is 2.04. The van der Waals surface area contributed by atoms with Gasteiger partial charge < -0.3 is 0 Å². The highest BCUT2D eigenvalue weighted by Crippen LogP contribution is 2.22. The van der Waals surface area contributed by atoms with Crippen LogP contribution in [0.3, 0.4) is 0 Å². The highest BCUT2D eigenvalue weighted by atomic mass is 35.5. The predicted octanol–water partition coefficient (Wildman–Crippen LogP) is 2.79. The van der Waals surface area contributed by atoms with E-state index in [0.717, 1.165) is 16.7 Å². The molecule has 0 N–H and O–H groups in total. The number of carbonyl (C=O) groups excluding carboxylic acids is 1. The van der Waals surface area contributed by atoms with E-state index in [4.69, 9.17) is 11.6 Å². The van der Waals surface area contributed by atoms with Crippen LogP contribution in [0.1, 0.15) is 16.7 Å². The van der Waals surface area contributed by atoms with E-state index in [1.807, 2.05) is 26.0 Å². The standard InChI is InChI=1S/C10H10ClNO/c1-7-3-4-10(11)8(2)9(7)5-12-6-13/h3-4H,5H2,1-2H3. The van der Waals surface area contributed by atoms with Crippen LogP contribution in [-0.2, 0) is 11.3 Å². The Morgan fingerprint density at radius 1 is 1.46 bits per heavy atom. The molecule has 0 saturated carbocycles. The number of aliphatic imine (C=N–C) groups is 1. The number of hydrogen-bond acceptors (Lipinski definition) is 2. The largest absolute Gasteiger partial charge is 0.235 e. The van der Waals surface area contributed by atoms with Crippen LogP contribution in [0.4, 0.5) is 0 Å². The van der Waals surface area contributed by atoms with Gasteiger partial charge in [-0.2, -0.15) is 0 Å². The molecule has 0 saturated heterocycles. The fourth-order valence-corrected chi connectivity index (χ4v) is 1.40. The van der Waals surface area contributed by atoms with E-state index in [1.54, 1.807) is 0 Å². The molecular weight excluding hydrogens is 186 g/mol. The van der Waals surface area contributed by atoms with Gasteiger partial charge in [-0.3, -0.25) is 0 Å². The quantitative estimate of drug-likeness (QED) is 0.527. The lowest BCUT2D eigenvalue weighted by molar-refractivity contribution is 0.562. The first-order chi connectivity index (χ1) is 6.16. The van der Waals surface area contributed by atoms with Crippen LogP contribution in [0, 0.1) is 13.8 Å². The van der Waals surface area contributed by atoms with Crippen molar-refractivity contribution in [2.75, 3.05) is 0 Å². The molecule has 13 heavy (non-hydrogen) atoms. The van der Waals surface area contributed by atoms with Gasteiger partial charge >= 0.3 is 0 Å². The maximum atomic E-state index is 9.96. The van der Waals surface area contributed by atoms with E-state index < -0.39 is 0 Å². The van der Waals surface area contributed by atoms with Crippen molar-refractivity contribution < 1.29 is 4.79 Å². The summed E-state index contributed by atoms with van der Waals surface area (Å²) in [7, 11) is 0. The van der Waals surface area contributed by atoms with Crippen molar-refractivity contribution in [3.05, 3.63) is 33.8 Å². The summed E-state index contributed by atoms with van der Waals surface area (Å²) >= 11 is 5.92. The maximum absolute atomic E-state index is 9.96. The number of aryl methyl sites for hydroxylation is 1. The molecule has 0 fully saturated rings. The minimum atomic E-state index is 0.363. The van der Waals surface area contributed by atoms with Crippen molar-refractivity contribution in [2.24, 2.45) is 4.99 Å². The zero-order chi connectivity index (χ0) is 9.84. The normalized spacial score (nSPS) is 9.46. The third-order valence-electron chi connectivity index (χ3n) is 2.07. The zero-order valence-electron chi connectivity index (χ0n) is 7.60. The first kappa shape index (κ1) is 9.97. The number of nitrogens with zero attached hydrogens (tertiary/aromatic N) is 1. The summed E-state index contributed by atoms with van der Waals surface area (Å²) in [6.45, 7) is 4.26. The predicted molar refractivity (Wildman–Crippen MR) is 52.8 cm³/mol. The molecule has 0 spiro atoms. The number of rotatable bonds is 2. The van der Waals surface area contributed by atoms with E-state index in [2.05, 4.69) is 4.99 Å². The third kappa shape index (κ3) is 2.18. The lowest BCUT2D eigenvalue weighted by Crippen LogP contribution is -1.92. The van der Waals surface area contributed by atoms with Gasteiger partial charge in [-0.05, 0) is 36.6 Å². The summed E-state index contributed by atoms with van der Waals surface area (Å²) in [6.07, 6.45) is 1.52. The van der Waals surface area contributed by atoms with Crippen molar-refractivity contribution in [1.82, 2.24) is 0 Å². The van der Waals surface area contributed by atoms with E-state index in [0.29, 0.717) is 11.6 Å². The minimum absolute atomic E-state index is 0.363. The lowest BCUT2D eigenvalue weighted by atomic mass is 10.0. The topological polar surface area (TPSA) is 29.4 Å². The van der Waals surface area contributed by atoms with Crippen molar-refractivity contribution in [1.29, 1.82) is 0 Å². The van der Waals surface area contributed by atoms with Gasteiger partial charge in [0.25, 0.3) is 0 Å². The van der Waals surface area contributed by atoms with Crippen LogP contribution in [0.5, 0.6) is 0 Å². The molecule has 0 unspecified atom stereocenters. The Kier molecular flexibility index (Phi) is 3.24. The summed E-state index contributed by atoms with van der Waals surface area (Å²) in [5.74, 6) is 0. The fraction of sp³-hybridized carbons (Fsp3) is 0.300. The zero-order valence-corrected chi connectivity index (χ0v) is 8.35. The average Bonchev–Trinajstić information content (AvgIpc) is 2.12. The Labute approximate surface area is 82.3 Å². The molecule has 0 bridgehead atoms. The van der Waals surface area contributed by atoms with E-state index in [1.165, 1.54) is 6.08 Å². The molecule has 1 aromatic carbocycles. The number of hydrogen-bond donors (Lipinski definition) is 0. The summed E-state index contributed by atoms with van der Waals surface area (Å²) in [5, 5.41) is 0.710. The van der Waals surface area contributed by atoms with Crippen LogP contribution < -0.4 is 0 Å². The smallest absolute Gasteiger partial charge is 0.211 e. The second-order valence-corrected chi connectivity index (χ2v) is 3.28. The Hall–Kier alpha value is -1.11. The molecule has 2 nitrogen and oxygen atoms in total. The van der Waals surface area contributed by atoms with Crippen LogP contribution in [0.2, 0.25) is 5.02 Å². The molecule has 0 aliphatic heterocycles. The second kappa shape index (κ2) is 4.22. The van der Waals surface area contributed by atoms with E-state index >= 15 is 0 Å². The molecule has 0 aliphatic rings. The molecule has 3 heteroatoms. The van der Waals surface area contributed by atoms with Gasteiger partial charge in [-0.25, -0.2) is 9.79 Å². The first-order valence-electron chi connectivity index (χ1n) is 3.95. The molecule has 68 valence electrons. The number of halogens is 1. The van der Waals surface area contributed by atoms with Gasteiger partial charge in [0.05, 0.1) is 6.54 Å². The van der Waals surface area contributed by atoms with Crippen molar-refractivity contribution >= 4 is 17.7 Å². The molecule has 1 rings (SSSR count). The molecular formula is C10H10ClNO. The van der Waals surface area contributed by atoms with Crippen molar-refractivity contribution in [3.63, 3.8) is 0 Å². The SMILES string of the molecule is Cc1ccc(Cl)c(C)c1CN=C=O. The van der Waals surface area contributed by atoms with Gasteiger partial charge in [0.15, 0.2) is 0 Å². The van der Waals surface area contributed by atoms with Gasteiger partial charge in [0.2, 0.25) is 6.08 Å². The lowest BCUT2D eigenvalue weighted by Gasteiger charge is -2.07. The molecule has 1 aromatic rings. The second-order valence-electron chi connectivity index (χ2n) is 2.88. The van der Waals surface area contributed by atoms with Gasteiger partial charge in [0.1, 0.15) is 0 Å². The Balaban J connectivity index is 3.16. The van der Waals surface area contributed by atoms with Crippen LogP contribution >= 0.6 is 11.6 Å². The van der Waals surface area contributed by atoms with Crippen LogP contribution in [-0.4, -0.2) is 6.08 Å². The summed E-state index contributed by atoms with van der Waals surface area (Å²) < 4.78 is 0. The average molecular weight is 196 g/mol. The van der Waals surface area contributed by atoms with Crippen LogP contribution in [0.15, 0.2) is 17.1 Å². The van der Waals surface area contributed by atoms with Crippen molar-refractivity contribution in [2.45, 2.75) is 20.4 Å². The molecule has 0 aromatic heterocycles. The van der Waals surface area contributed by atoms with Crippen LogP contribution in [0.25, 0.3) is 0 Å². The Morgan fingerprint density at radius 3 is 2.77 bits per heavy atom. The van der Waals surface area contributed by atoms with Gasteiger partial charge in [0, 0.05) is 5.02 Å². The Morgan fingerprint density at radius 2 is 2.15 bits per heavy atom. The highest BCUT2D eigenvalue weighted by molar-refractivity contribution is 6.31. The van der Waals surface area contributed by atoms with Gasteiger partial charge in [-0.1, -0.05) is 17.7 Å². The van der Waals surface area contributed by atoms with Gasteiger partial charge in [-0.15, -0.1) is 0 Å². The third-order valence-corrected chi connectivity index (χ3v) is 2.48. The number of benzene rings is 1.